The van der Waals surface area contributed by atoms with Crippen LogP contribution < -0.4 is 5.32 Å². The highest BCUT2D eigenvalue weighted by Crippen LogP contribution is 2.45. The number of rotatable bonds is 5. The highest BCUT2D eigenvalue weighted by molar-refractivity contribution is 5.06. The van der Waals surface area contributed by atoms with Crippen LogP contribution in [0.5, 0.6) is 0 Å². The van der Waals surface area contributed by atoms with Crippen molar-refractivity contribution in [2.24, 2.45) is 11.8 Å². The summed E-state index contributed by atoms with van der Waals surface area (Å²) in [5.41, 5.74) is 0.420. The summed E-state index contributed by atoms with van der Waals surface area (Å²) >= 11 is 0. The third-order valence-electron chi connectivity index (χ3n) is 5.16. The summed E-state index contributed by atoms with van der Waals surface area (Å²) in [7, 11) is 0. The van der Waals surface area contributed by atoms with E-state index in [1.807, 2.05) is 0 Å². The maximum Gasteiger partial charge on any atom is 0.0337 e. The quantitative estimate of drug-likeness (QED) is 0.808. The molecule has 2 fully saturated rings. The lowest BCUT2D eigenvalue weighted by molar-refractivity contribution is -0.000791. The first-order valence-electron chi connectivity index (χ1n) is 7.97. The van der Waals surface area contributed by atoms with Crippen molar-refractivity contribution < 1.29 is 0 Å². The van der Waals surface area contributed by atoms with E-state index in [0.717, 1.165) is 17.9 Å². The molecule has 0 aromatic rings. The summed E-state index contributed by atoms with van der Waals surface area (Å²) in [5, 5.41) is 3.83. The second-order valence-electron chi connectivity index (χ2n) is 7.25. The maximum absolute atomic E-state index is 3.83. The Morgan fingerprint density at radius 2 is 1.94 bits per heavy atom. The molecule has 2 rings (SSSR count). The highest BCUT2D eigenvalue weighted by Gasteiger charge is 2.49. The van der Waals surface area contributed by atoms with Crippen molar-refractivity contribution in [3.63, 3.8) is 0 Å². The normalized spacial score (nSPS) is 36.0. The van der Waals surface area contributed by atoms with Gasteiger partial charge in [0.2, 0.25) is 0 Å². The smallest absolute Gasteiger partial charge is 0.0337 e. The Labute approximate surface area is 114 Å². The minimum absolute atomic E-state index is 0.420. The molecular weight excluding hydrogens is 220 g/mol. The van der Waals surface area contributed by atoms with Crippen molar-refractivity contribution in [2.75, 3.05) is 13.1 Å². The van der Waals surface area contributed by atoms with Crippen molar-refractivity contribution >= 4 is 0 Å². The average Bonchev–Trinajstić information content (AvgIpc) is 3.14. The molecule has 0 bridgehead atoms. The molecule has 18 heavy (non-hydrogen) atoms. The topological polar surface area (TPSA) is 15.3 Å². The third kappa shape index (κ3) is 2.91. The number of hydrogen-bond donors (Lipinski definition) is 1. The predicted molar refractivity (Wildman–Crippen MR) is 78.8 cm³/mol. The van der Waals surface area contributed by atoms with Gasteiger partial charge in [-0.3, -0.25) is 4.90 Å². The molecule has 2 heteroatoms. The Kier molecular flexibility index (Phi) is 4.38. The Hall–Kier alpha value is -0.0800. The van der Waals surface area contributed by atoms with Crippen molar-refractivity contribution in [3.8, 4) is 0 Å². The van der Waals surface area contributed by atoms with Gasteiger partial charge in [-0.05, 0) is 51.4 Å². The minimum Gasteiger partial charge on any atom is -0.311 e. The molecule has 2 aliphatic rings. The summed E-state index contributed by atoms with van der Waals surface area (Å²) in [4.78, 5) is 2.83. The lowest BCUT2D eigenvalue weighted by atomic mass is 9.86. The summed E-state index contributed by atoms with van der Waals surface area (Å²) in [5.74, 6) is 1.74. The van der Waals surface area contributed by atoms with Gasteiger partial charge in [0.05, 0.1) is 0 Å². The average molecular weight is 252 g/mol. The second kappa shape index (κ2) is 5.50. The molecule has 1 saturated carbocycles. The lowest BCUT2D eigenvalue weighted by Crippen LogP contribution is -2.66. The Balaban J connectivity index is 2.05. The van der Waals surface area contributed by atoms with Crippen molar-refractivity contribution in [1.82, 2.24) is 10.2 Å². The molecule has 1 aliphatic heterocycles. The molecule has 106 valence electrons. The molecule has 0 spiro atoms. The second-order valence-corrected chi connectivity index (χ2v) is 7.25. The third-order valence-corrected chi connectivity index (χ3v) is 5.16. The van der Waals surface area contributed by atoms with E-state index < -0.39 is 0 Å². The van der Waals surface area contributed by atoms with E-state index in [-0.39, 0.29) is 0 Å². The first kappa shape index (κ1) is 14.3. The van der Waals surface area contributed by atoms with E-state index in [4.69, 9.17) is 0 Å². The first-order valence-corrected chi connectivity index (χ1v) is 7.97. The van der Waals surface area contributed by atoms with Crippen LogP contribution in [0.2, 0.25) is 0 Å². The zero-order chi connectivity index (χ0) is 13.3. The molecule has 1 saturated heterocycles. The van der Waals surface area contributed by atoms with Gasteiger partial charge >= 0.3 is 0 Å². The fourth-order valence-electron chi connectivity index (χ4n) is 3.68. The van der Waals surface area contributed by atoms with Gasteiger partial charge in [-0.2, -0.15) is 0 Å². The van der Waals surface area contributed by atoms with E-state index in [9.17, 15) is 0 Å². The summed E-state index contributed by atoms with van der Waals surface area (Å²) in [6.07, 6.45) is 5.48. The lowest BCUT2D eigenvalue weighted by Gasteiger charge is -2.51. The Bertz CT molecular complexity index is 272. The molecule has 3 unspecified atom stereocenters. The van der Waals surface area contributed by atoms with Crippen molar-refractivity contribution in [1.29, 1.82) is 0 Å². The molecule has 3 atom stereocenters. The van der Waals surface area contributed by atoms with Crippen LogP contribution in [0.1, 0.15) is 60.3 Å². The standard InChI is InChI=1S/C16H32N2/c1-6-13(4)18-10-15(9-12(2)3)17-11-16(18,5)14-7-8-14/h12-15,17H,6-11H2,1-5H3. The van der Waals surface area contributed by atoms with Gasteiger partial charge in [0, 0.05) is 30.7 Å². The van der Waals surface area contributed by atoms with Gasteiger partial charge in [-0.1, -0.05) is 20.8 Å². The molecule has 2 nitrogen and oxygen atoms in total. The van der Waals surface area contributed by atoms with E-state index in [2.05, 4.69) is 44.8 Å². The van der Waals surface area contributed by atoms with Crippen LogP contribution in [0.4, 0.5) is 0 Å². The van der Waals surface area contributed by atoms with Crippen LogP contribution >= 0.6 is 0 Å². The van der Waals surface area contributed by atoms with E-state index >= 15 is 0 Å². The van der Waals surface area contributed by atoms with E-state index in [1.54, 1.807) is 0 Å². The van der Waals surface area contributed by atoms with Gasteiger partial charge in [-0.25, -0.2) is 0 Å². The molecule has 0 aromatic heterocycles. The zero-order valence-electron chi connectivity index (χ0n) is 13.0. The van der Waals surface area contributed by atoms with Crippen LogP contribution in [-0.2, 0) is 0 Å². The molecule has 1 N–H and O–H groups in total. The largest absolute Gasteiger partial charge is 0.311 e. The Morgan fingerprint density at radius 3 is 2.44 bits per heavy atom. The fourth-order valence-corrected chi connectivity index (χ4v) is 3.68. The van der Waals surface area contributed by atoms with Crippen molar-refractivity contribution in [2.45, 2.75) is 77.9 Å². The van der Waals surface area contributed by atoms with Gasteiger partial charge < -0.3 is 5.32 Å². The minimum atomic E-state index is 0.420. The predicted octanol–water partition coefficient (Wildman–Crippen LogP) is 3.27. The SMILES string of the molecule is CCC(C)N1CC(CC(C)C)NCC1(C)C1CC1. The molecule has 1 aliphatic carbocycles. The molecule has 0 amide bonds. The summed E-state index contributed by atoms with van der Waals surface area (Å²) in [6.45, 7) is 14.4. The summed E-state index contributed by atoms with van der Waals surface area (Å²) < 4.78 is 0. The van der Waals surface area contributed by atoms with Gasteiger partial charge in [0.25, 0.3) is 0 Å². The van der Waals surface area contributed by atoms with Crippen LogP contribution in [-0.4, -0.2) is 35.6 Å². The van der Waals surface area contributed by atoms with Crippen LogP contribution in [0.25, 0.3) is 0 Å². The summed E-state index contributed by atoms with van der Waals surface area (Å²) in [6, 6.07) is 1.43. The van der Waals surface area contributed by atoms with Crippen LogP contribution in [0, 0.1) is 11.8 Å². The van der Waals surface area contributed by atoms with E-state index in [1.165, 1.54) is 38.8 Å². The van der Waals surface area contributed by atoms with Gasteiger partial charge in [0.15, 0.2) is 0 Å². The van der Waals surface area contributed by atoms with Crippen LogP contribution in [0.15, 0.2) is 0 Å². The zero-order valence-corrected chi connectivity index (χ0v) is 13.0. The maximum atomic E-state index is 3.83. The van der Waals surface area contributed by atoms with Gasteiger partial charge in [-0.15, -0.1) is 0 Å². The highest BCUT2D eigenvalue weighted by atomic mass is 15.3. The first-order chi connectivity index (χ1) is 8.47. The molecule has 1 heterocycles. The monoisotopic (exact) mass is 252 g/mol. The van der Waals surface area contributed by atoms with Gasteiger partial charge in [0.1, 0.15) is 0 Å². The number of nitrogens with zero attached hydrogens (tertiary/aromatic N) is 1. The number of hydrogen-bond acceptors (Lipinski definition) is 2. The molecule has 0 aromatic carbocycles. The molecule has 0 radical (unpaired) electrons. The van der Waals surface area contributed by atoms with Crippen LogP contribution in [0.3, 0.4) is 0 Å². The number of piperazine rings is 1. The molecular formula is C16H32N2. The van der Waals surface area contributed by atoms with E-state index in [0.29, 0.717) is 11.6 Å². The fraction of sp³-hybridized carbons (Fsp3) is 1.00. The Morgan fingerprint density at radius 1 is 1.28 bits per heavy atom. The number of nitrogens with one attached hydrogen (secondary N) is 1. The van der Waals surface area contributed by atoms with Crippen molar-refractivity contribution in [3.05, 3.63) is 0 Å².